The molecule has 0 unspecified atom stereocenters. The number of carboxylic acid groups (broad SMARTS) is 1. The lowest BCUT2D eigenvalue weighted by Crippen LogP contribution is -2.36. The summed E-state index contributed by atoms with van der Waals surface area (Å²) in [7, 11) is -4.19. The summed E-state index contributed by atoms with van der Waals surface area (Å²) < 4.78 is 26.3. The largest absolute Gasteiger partial charge is 0.480 e. The van der Waals surface area contributed by atoms with Crippen LogP contribution < -0.4 is 4.31 Å². The normalized spacial score (nSPS) is 11.3. The van der Waals surface area contributed by atoms with E-state index in [9.17, 15) is 13.2 Å². The van der Waals surface area contributed by atoms with Gasteiger partial charge in [0.05, 0.1) is 25.7 Å². The molecule has 0 bridgehead atoms. The van der Waals surface area contributed by atoms with Gasteiger partial charge in [0, 0.05) is 0 Å². The summed E-state index contributed by atoms with van der Waals surface area (Å²) >= 11 is 17.6. The third-order valence-electron chi connectivity index (χ3n) is 2.88. The second-order valence-electron chi connectivity index (χ2n) is 4.43. The number of carboxylic acids is 1. The number of benzene rings is 2. The first kappa shape index (κ1) is 17.9. The number of hydrogen-bond acceptors (Lipinski definition) is 3. The van der Waals surface area contributed by atoms with Crippen molar-refractivity contribution in [3.63, 3.8) is 0 Å². The lowest BCUT2D eigenvalue weighted by Gasteiger charge is -2.23. The number of aliphatic carboxylic acids is 1. The van der Waals surface area contributed by atoms with Crippen molar-refractivity contribution < 1.29 is 18.3 Å². The molecule has 23 heavy (non-hydrogen) atoms. The van der Waals surface area contributed by atoms with Crippen LogP contribution in [-0.2, 0) is 14.8 Å². The van der Waals surface area contributed by atoms with Crippen LogP contribution in [-0.4, -0.2) is 26.0 Å². The van der Waals surface area contributed by atoms with E-state index in [0.29, 0.717) is 4.31 Å². The van der Waals surface area contributed by atoms with Crippen LogP contribution in [0.15, 0.2) is 47.4 Å². The molecule has 0 spiro atoms. The lowest BCUT2D eigenvalue weighted by molar-refractivity contribution is -0.135. The molecule has 122 valence electrons. The van der Waals surface area contributed by atoms with Crippen LogP contribution in [0.25, 0.3) is 0 Å². The fraction of sp³-hybridized carbons (Fsp3) is 0.0714. The van der Waals surface area contributed by atoms with Crippen LogP contribution in [0, 0.1) is 0 Å². The van der Waals surface area contributed by atoms with E-state index in [1.54, 1.807) is 12.1 Å². The number of carbonyl (C=O) groups is 1. The highest BCUT2D eigenvalue weighted by molar-refractivity contribution is 7.92. The van der Waals surface area contributed by atoms with Crippen LogP contribution in [0.5, 0.6) is 0 Å². The number of hydrogen-bond donors (Lipinski definition) is 1. The monoisotopic (exact) mass is 393 g/mol. The molecule has 0 aromatic heterocycles. The first-order valence-corrected chi connectivity index (χ1v) is 8.75. The Labute approximate surface area is 148 Å². The quantitative estimate of drug-likeness (QED) is 0.834. The molecule has 2 aromatic rings. The predicted molar refractivity (Wildman–Crippen MR) is 90.1 cm³/mol. The Kier molecular flexibility index (Phi) is 5.41. The number of para-hydroxylation sites is 1. The van der Waals surface area contributed by atoms with E-state index < -0.39 is 22.5 Å². The molecule has 0 amide bonds. The number of anilines is 1. The predicted octanol–water partition coefficient (Wildman–Crippen LogP) is 3.93. The summed E-state index contributed by atoms with van der Waals surface area (Å²) in [6, 6.07) is 9.77. The van der Waals surface area contributed by atoms with Gasteiger partial charge < -0.3 is 5.11 Å². The van der Waals surface area contributed by atoms with Crippen molar-refractivity contribution in [1.82, 2.24) is 0 Å². The zero-order valence-electron chi connectivity index (χ0n) is 11.4. The summed E-state index contributed by atoms with van der Waals surface area (Å²) in [6.45, 7) is -0.785. The van der Waals surface area contributed by atoms with Crippen molar-refractivity contribution in [3.8, 4) is 0 Å². The fourth-order valence-corrected chi connectivity index (χ4v) is 3.95. The van der Waals surface area contributed by atoms with Crippen LogP contribution in [0.4, 0.5) is 5.69 Å². The lowest BCUT2D eigenvalue weighted by atomic mass is 10.3. The van der Waals surface area contributed by atoms with E-state index in [1.807, 2.05) is 0 Å². The van der Waals surface area contributed by atoms with Gasteiger partial charge in [0.1, 0.15) is 6.54 Å². The topological polar surface area (TPSA) is 74.7 Å². The molecule has 0 aliphatic rings. The molecule has 0 aliphatic carbocycles. The van der Waals surface area contributed by atoms with Gasteiger partial charge in [-0.1, -0.05) is 46.9 Å². The summed E-state index contributed by atoms with van der Waals surface area (Å²) in [5.41, 5.74) is 0.0580. The van der Waals surface area contributed by atoms with Crippen molar-refractivity contribution in [2.45, 2.75) is 4.90 Å². The molecule has 0 radical (unpaired) electrons. The van der Waals surface area contributed by atoms with Gasteiger partial charge in [-0.25, -0.2) is 8.42 Å². The minimum Gasteiger partial charge on any atom is -0.480 e. The van der Waals surface area contributed by atoms with E-state index in [-0.39, 0.29) is 25.7 Å². The number of sulfonamides is 1. The number of rotatable bonds is 5. The summed E-state index contributed by atoms with van der Waals surface area (Å²) in [5, 5.41) is 9.39. The van der Waals surface area contributed by atoms with Crippen LogP contribution in [0.2, 0.25) is 15.1 Å². The van der Waals surface area contributed by atoms with Crippen LogP contribution in [0.1, 0.15) is 0 Å². The molecule has 2 aromatic carbocycles. The molecular weight excluding hydrogens is 385 g/mol. The van der Waals surface area contributed by atoms with Gasteiger partial charge in [0.15, 0.2) is 0 Å². The maximum atomic E-state index is 12.8. The van der Waals surface area contributed by atoms with E-state index in [4.69, 9.17) is 39.9 Å². The maximum Gasteiger partial charge on any atom is 0.324 e. The molecule has 0 saturated carbocycles. The van der Waals surface area contributed by atoms with E-state index in [1.165, 1.54) is 24.3 Å². The van der Waals surface area contributed by atoms with Gasteiger partial charge in [-0.2, -0.15) is 0 Å². The third kappa shape index (κ3) is 3.90. The molecule has 0 atom stereocenters. The zero-order chi connectivity index (χ0) is 17.2. The Morgan fingerprint density at radius 3 is 2.22 bits per heavy atom. The minimum absolute atomic E-state index is 0.0437. The van der Waals surface area contributed by atoms with Gasteiger partial charge in [-0.05, 0) is 30.3 Å². The fourth-order valence-electron chi connectivity index (χ4n) is 1.84. The molecule has 2 rings (SSSR count). The van der Waals surface area contributed by atoms with Crippen molar-refractivity contribution in [3.05, 3.63) is 57.5 Å². The van der Waals surface area contributed by atoms with E-state index in [0.717, 1.165) is 6.07 Å². The molecular formula is C14H10Cl3NO4S. The Balaban J connectivity index is 2.60. The molecule has 0 heterocycles. The van der Waals surface area contributed by atoms with Crippen LogP contribution >= 0.6 is 34.8 Å². The molecule has 0 fully saturated rings. The van der Waals surface area contributed by atoms with Crippen molar-refractivity contribution in [2.75, 3.05) is 10.8 Å². The zero-order valence-corrected chi connectivity index (χ0v) is 14.5. The second-order valence-corrected chi connectivity index (χ2v) is 7.52. The highest BCUT2D eigenvalue weighted by atomic mass is 35.5. The van der Waals surface area contributed by atoms with E-state index in [2.05, 4.69) is 0 Å². The standard InChI is InChI=1S/C14H10Cl3NO4S/c15-10-6-5-9(7-12(10)17)23(21,22)18(8-14(19)20)13-4-2-1-3-11(13)16/h1-7H,8H2,(H,19,20). The Morgan fingerprint density at radius 2 is 1.65 bits per heavy atom. The van der Waals surface area contributed by atoms with Gasteiger partial charge in [0.2, 0.25) is 0 Å². The highest BCUT2D eigenvalue weighted by Crippen LogP contribution is 2.32. The SMILES string of the molecule is O=C(O)CN(c1ccccc1Cl)S(=O)(=O)c1ccc(Cl)c(Cl)c1. The summed E-state index contributed by atoms with van der Waals surface area (Å²) in [4.78, 5) is 10.9. The van der Waals surface area contributed by atoms with E-state index >= 15 is 0 Å². The average Bonchev–Trinajstić information content (AvgIpc) is 2.48. The van der Waals surface area contributed by atoms with Gasteiger partial charge >= 0.3 is 5.97 Å². The molecule has 0 saturated heterocycles. The number of halogens is 3. The Morgan fingerprint density at radius 1 is 1.00 bits per heavy atom. The highest BCUT2D eigenvalue weighted by Gasteiger charge is 2.29. The average molecular weight is 395 g/mol. The van der Waals surface area contributed by atoms with Gasteiger partial charge in [0.25, 0.3) is 10.0 Å². The molecule has 9 heteroatoms. The second kappa shape index (κ2) is 6.97. The minimum atomic E-state index is -4.19. The number of nitrogens with zero attached hydrogens (tertiary/aromatic N) is 1. The third-order valence-corrected chi connectivity index (χ3v) is 5.69. The van der Waals surface area contributed by atoms with Crippen LogP contribution in [0.3, 0.4) is 0 Å². The first-order chi connectivity index (χ1) is 10.7. The molecule has 5 nitrogen and oxygen atoms in total. The Hall–Kier alpha value is -1.47. The maximum absolute atomic E-state index is 12.8. The first-order valence-electron chi connectivity index (χ1n) is 6.17. The Bertz CT molecular complexity index is 855. The summed E-state index contributed by atoms with van der Waals surface area (Å²) in [6.07, 6.45) is 0. The van der Waals surface area contributed by atoms with Gasteiger partial charge in [-0.3, -0.25) is 9.10 Å². The van der Waals surface area contributed by atoms with Gasteiger partial charge in [-0.15, -0.1) is 0 Å². The molecule has 1 N–H and O–H groups in total. The summed E-state index contributed by atoms with van der Waals surface area (Å²) in [5.74, 6) is -1.33. The van der Waals surface area contributed by atoms with Crippen molar-refractivity contribution >= 4 is 56.5 Å². The van der Waals surface area contributed by atoms with Crippen molar-refractivity contribution in [1.29, 1.82) is 0 Å². The van der Waals surface area contributed by atoms with Crippen molar-refractivity contribution in [2.24, 2.45) is 0 Å². The smallest absolute Gasteiger partial charge is 0.324 e. The molecule has 0 aliphatic heterocycles.